The van der Waals surface area contributed by atoms with Crippen LogP contribution in [-0.2, 0) is 4.79 Å². The summed E-state index contributed by atoms with van der Waals surface area (Å²) in [4.78, 5) is 26.7. The number of para-hydroxylation sites is 2. The van der Waals surface area contributed by atoms with Crippen molar-refractivity contribution in [2.75, 3.05) is 23.3 Å². The molecule has 1 saturated heterocycles. The zero-order chi connectivity index (χ0) is 19.8. The number of nitrogens with one attached hydrogen (secondary N) is 2. The molecule has 0 aliphatic carbocycles. The van der Waals surface area contributed by atoms with Gasteiger partial charge in [-0.2, -0.15) is 0 Å². The van der Waals surface area contributed by atoms with Crippen LogP contribution in [0.2, 0.25) is 0 Å². The van der Waals surface area contributed by atoms with Gasteiger partial charge in [0.25, 0.3) is 0 Å². The van der Waals surface area contributed by atoms with E-state index in [1.165, 1.54) is 0 Å². The van der Waals surface area contributed by atoms with Crippen LogP contribution < -0.4 is 20.3 Å². The normalized spacial score (nSPS) is 15.2. The van der Waals surface area contributed by atoms with Crippen LogP contribution in [0, 0.1) is 0 Å². The molecule has 3 amide bonds. The average Bonchev–Trinajstić information content (AvgIpc) is 3.18. The Labute approximate surface area is 168 Å². The van der Waals surface area contributed by atoms with Gasteiger partial charge in [-0.25, -0.2) is 4.79 Å². The summed E-state index contributed by atoms with van der Waals surface area (Å²) in [5.74, 6) is 0.809. The van der Waals surface area contributed by atoms with Crippen LogP contribution in [-0.4, -0.2) is 25.0 Å². The van der Waals surface area contributed by atoms with Gasteiger partial charge >= 0.3 is 6.03 Å². The van der Waals surface area contributed by atoms with Crippen molar-refractivity contribution in [2.45, 2.75) is 5.92 Å². The molecule has 0 radical (unpaired) electrons. The van der Waals surface area contributed by atoms with Crippen molar-refractivity contribution in [3.63, 3.8) is 0 Å². The lowest BCUT2D eigenvalue weighted by Crippen LogP contribution is -2.27. The Hall–Kier alpha value is -3.80. The van der Waals surface area contributed by atoms with Gasteiger partial charge in [0.05, 0.1) is 5.92 Å². The number of anilines is 2. The maximum absolute atomic E-state index is 13.2. The third-order valence-electron chi connectivity index (χ3n) is 5.25. The predicted molar refractivity (Wildman–Crippen MR) is 111 cm³/mol. The number of amides is 3. The SMILES string of the molecule is O=C(Nc1ccc(N2CCNC2=O)cc1)C1c2ccccc2Oc2ccccc21. The Kier molecular flexibility index (Phi) is 4.17. The Bertz CT molecular complexity index is 1050. The first-order chi connectivity index (χ1) is 14.2. The molecule has 2 aliphatic heterocycles. The molecule has 0 aromatic heterocycles. The van der Waals surface area contributed by atoms with E-state index < -0.39 is 5.92 Å². The minimum atomic E-state index is -0.458. The first-order valence-electron chi connectivity index (χ1n) is 9.53. The number of hydrogen-bond acceptors (Lipinski definition) is 3. The predicted octanol–water partition coefficient (Wildman–Crippen LogP) is 4.09. The quantitative estimate of drug-likeness (QED) is 0.713. The number of carbonyl (C=O) groups excluding carboxylic acids is 2. The van der Waals surface area contributed by atoms with Crippen LogP contribution in [0.15, 0.2) is 72.8 Å². The average molecular weight is 385 g/mol. The van der Waals surface area contributed by atoms with Gasteiger partial charge in [-0.15, -0.1) is 0 Å². The van der Waals surface area contributed by atoms with E-state index >= 15 is 0 Å². The van der Waals surface area contributed by atoms with Crippen LogP contribution in [0.25, 0.3) is 0 Å². The molecule has 3 aromatic rings. The first-order valence-corrected chi connectivity index (χ1v) is 9.53. The lowest BCUT2D eigenvalue weighted by Gasteiger charge is -2.27. The monoisotopic (exact) mass is 385 g/mol. The third kappa shape index (κ3) is 3.08. The van der Waals surface area contributed by atoms with Gasteiger partial charge in [0.2, 0.25) is 5.91 Å². The molecule has 0 unspecified atom stereocenters. The summed E-state index contributed by atoms with van der Waals surface area (Å²) >= 11 is 0. The minimum Gasteiger partial charge on any atom is -0.457 e. The van der Waals surface area contributed by atoms with Gasteiger partial charge in [0.15, 0.2) is 0 Å². The molecule has 6 nitrogen and oxygen atoms in total. The molecule has 2 aliphatic rings. The van der Waals surface area contributed by atoms with E-state index in [9.17, 15) is 9.59 Å². The van der Waals surface area contributed by atoms with E-state index in [-0.39, 0.29) is 11.9 Å². The number of nitrogens with zero attached hydrogens (tertiary/aromatic N) is 1. The lowest BCUT2D eigenvalue weighted by molar-refractivity contribution is -0.116. The first kappa shape index (κ1) is 17.3. The largest absolute Gasteiger partial charge is 0.457 e. The Morgan fingerprint density at radius 1 is 0.931 bits per heavy atom. The lowest BCUT2D eigenvalue weighted by atomic mass is 9.87. The van der Waals surface area contributed by atoms with Crippen LogP contribution in [0.3, 0.4) is 0 Å². The van der Waals surface area contributed by atoms with E-state index in [0.717, 1.165) is 16.8 Å². The van der Waals surface area contributed by atoms with Gasteiger partial charge in [-0.3, -0.25) is 9.69 Å². The number of ether oxygens (including phenoxy) is 1. The number of benzene rings is 3. The molecule has 5 rings (SSSR count). The van der Waals surface area contributed by atoms with Crippen LogP contribution >= 0.6 is 0 Å². The number of rotatable bonds is 3. The van der Waals surface area contributed by atoms with E-state index in [2.05, 4.69) is 10.6 Å². The fourth-order valence-corrected chi connectivity index (χ4v) is 3.85. The summed E-state index contributed by atoms with van der Waals surface area (Å²) in [5.41, 5.74) is 3.17. The maximum atomic E-state index is 13.2. The molecule has 6 heteroatoms. The molecule has 29 heavy (non-hydrogen) atoms. The smallest absolute Gasteiger partial charge is 0.321 e. The molecule has 1 fully saturated rings. The van der Waals surface area contributed by atoms with E-state index in [1.54, 1.807) is 4.90 Å². The minimum absolute atomic E-state index is 0.0998. The van der Waals surface area contributed by atoms with Gasteiger partial charge in [0.1, 0.15) is 11.5 Å². The zero-order valence-corrected chi connectivity index (χ0v) is 15.6. The second kappa shape index (κ2) is 6.98. The molecule has 144 valence electrons. The molecule has 2 heterocycles. The van der Waals surface area contributed by atoms with Crippen LogP contribution in [0.1, 0.15) is 17.0 Å². The van der Waals surface area contributed by atoms with Crippen molar-refractivity contribution >= 4 is 23.3 Å². The number of urea groups is 1. The van der Waals surface area contributed by atoms with Gasteiger partial charge < -0.3 is 15.4 Å². The highest BCUT2D eigenvalue weighted by Gasteiger charge is 2.32. The number of carbonyl (C=O) groups is 2. The van der Waals surface area contributed by atoms with Crippen LogP contribution in [0.4, 0.5) is 16.2 Å². The summed E-state index contributed by atoms with van der Waals surface area (Å²) in [6.45, 7) is 1.28. The molecule has 0 spiro atoms. The van der Waals surface area contributed by atoms with E-state index in [0.29, 0.717) is 30.3 Å². The Morgan fingerprint density at radius 2 is 1.55 bits per heavy atom. The van der Waals surface area contributed by atoms with E-state index in [1.807, 2.05) is 72.8 Å². The third-order valence-corrected chi connectivity index (χ3v) is 5.25. The molecule has 3 aromatic carbocycles. The molecule has 0 atom stereocenters. The van der Waals surface area contributed by atoms with Gasteiger partial charge in [-0.05, 0) is 36.4 Å². The van der Waals surface area contributed by atoms with Crippen LogP contribution in [0.5, 0.6) is 11.5 Å². The fourth-order valence-electron chi connectivity index (χ4n) is 3.85. The van der Waals surface area contributed by atoms with Crippen molar-refractivity contribution in [3.05, 3.63) is 83.9 Å². The van der Waals surface area contributed by atoms with Crippen molar-refractivity contribution < 1.29 is 14.3 Å². The standard InChI is InChI=1S/C23H19N3O3/c27-22(25-15-9-11-16(12-10-15)26-14-13-24-23(26)28)21-17-5-1-3-7-19(17)29-20-8-4-2-6-18(20)21/h1-12,21H,13-14H2,(H,24,28)(H,25,27). The highest BCUT2D eigenvalue weighted by atomic mass is 16.5. The molecule has 0 bridgehead atoms. The summed E-state index contributed by atoms with van der Waals surface area (Å²) in [6.07, 6.45) is 0. The van der Waals surface area contributed by atoms with Gasteiger partial charge in [0, 0.05) is 35.6 Å². The Morgan fingerprint density at radius 3 is 2.14 bits per heavy atom. The molecular weight excluding hydrogens is 366 g/mol. The zero-order valence-electron chi connectivity index (χ0n) is 15.6. The summed E-state index contributed by atoms with van der Waals surface area (Å²) in [5, 5.41) is 5.79. The van der Waals surface area contributed by atoms with Crippen molar-refractivity contribution in [1.29, 1.82) is 0 Å². The number of hydrogen-bond donors (Lipinski definition) is 2. The molecule has 2 N–H and O–H groups in total. The maximum Gasteiger partial charge on any atom is 0.321 e. The summed E-state index contributed by atoms with van der Waals surface area (Å²) in [6, 6.07) is 22.4. The highest BCUT2D eigenvalue weighted by molar-refractivity contribution is 6.00. The fraction of sp³-hybridized carbons (Fsp3) is 0.130. The molecule has 0 saturated carbocycles. The summed E-state index contributed by atoms with van der Waals surface area (Å²) in [7, 11) is 0. The van der Waals surface area contributed by atoms with E-state index in [4.69, 9.17) is 4.74 Å². The highest BCUT2D eigenvalue weighted by Crippen LogP contribution is 2.44. The molecular formula is C23H19N3O3. The van der Waals surface area contributed by atoms with Crippen molar-refractivity contribution in [1.82, 2.24) is 5.32 Å². The topological polar surface area (TPSA) is 70.7 Å². The van der Waals surface area contributed by atoms with Gasteiger partial charge in [-0.1, -0.05) is 36.4 Å². The number of fused-ring (bicyclic) bond motifs is 2. The summed E-state index contributed by atoms with van der Waals surface area (Å²) < 4.78 is 5.97. The van der Waals surface area contributed by atoms with Crippen molar-refractivity contribution in [2.24, 2.45) is 0 Å². The van der Waals surface area contributed by atoms with Crippen molar-refractivity contribution in [3.8, 4) is 11.5 Å². The second-order valence-electron chi connectivity index (χ2n) is 7.03. The Balaban J connectivity index is 1.42. The second-order valence-corrected chi connectivity index (χ2v) is 7.03.